The lowest BCUT2D eigenvalue weighted by molar-refractivity contribution is -0.137. The number of ether oxygens (including phenoxy) is 1. The standard InChI is InChI=1S/C19H33NO3S/c1-2-20-12-7-13-24-14-16-15(17-10-11-18(16)23-17)8-5-3-4-6-9-19(21)22/h3,5,15-18,20H,2,4,6-14H2,1H3,(H,21,22)/t15-,16-,17-,18+/m1/s1. The maximum absolute atomic E-state index is 10.5. The summed E-state index contributed by atoms with van der Waals surface area (Å²) < 4.78 is 6.17. The average Bonchev–Trinajstić information content (AvgIpc) is 3.15. The molecule has 0 spiro atoms. The Bertz CT molecular complexity index is 402. The monoisotopic (exact) mass is 355 g/mol. The second-order valence-corrected chi connectivity index (χ2v) is 8.04. The van der Waals surface area contributed by atoms with Gasteiger partial charge in [0.2, 0.25) is 0 Å². The highest BCUT2D eigenvalue weighted by Gasteiger charge is 2.47. The number of allylic oxidation sites excluding steroid dienone is 2. The maximum Gasteiger partial charge on any atom is 0.303 e. The quantitative estimate of drug-likeness (QED) is 0.389. The van der Waals surface area contributed by atoms with Crippen molar-refractivity contribution in [1.29, 1.82) is 0 Å². The Labute approximate surface area is 150 Å². The van der Waals surface area contributed by atoms with Gasteiger partial charge in [-0.2, -0.15) is 11.8 Å². The third-order valence-corrected chi connectivity index (χ3v) is 6.33. The fraction of sp³-hybridized carbons (Fsp3) is 0.842. The molecule has 24 heavy (non-hydrogen) atoms. The lowest BCUT2D eigenvalue weighted by atomic mass is 9.78. The Hall–Kier alpha value is -0.520. The Balaban J connectivity index is 1.65. The van der Waals surface area contributed by atoms with Gasteiger partial charge in [0.25, 0.3) is 0 Å². The SMILES string of the molecule is CCNCCCSC[C@@H]1[C@@H](CC=CCCCC(=O)O)[C@H]2CC[C@@H]1O2. The van der Waals surface area contributed by atoms with Crippen LogP contribution < -0.4 is 5.32 Å². The summed E-state index contributed by atoms with van der Waals surface area (Å²) in [7, 11) is 0. The zero-order valence-electron chi connectivity index (χ0n) is 14.9. The minimum atomic E-state index is -0.698. The van der Waals surface area contributed by atoms with Gasteiger partial charge >= 0.3 is 5.97 Å². The van der Waals surface area contributed by atoms with Crippen LogP contribution in [0.15, 0.2) is 12.2 Å². The van der Waals surface area contributed by atoms with Crippen LogP contribution in [0.1, 0.15) is 51.9 Å². The number of nitrogens with one attached hydrogen (secondary N) is 1. The second kappa shape index (κ2) is 11.2. The Kier molecular flexibility index (Phi) is 9.21. The number of unbranched alkanes of at least 4 members (excludes halogenated alkanes) is 1. The van der Waals surface area contributed by atoms with Crippen LogP contribution >= 0.6 is 11.8 Å². The third kappa shape index (κ3) is 6.41. The van der Waals surface area contributed by atoms with Crippen molar-refractivity contribution < 1.29 is 14.6 Å². The van der Waals surface area contributed by atoms with Gasteiger partial charge in [0.05, 0.1) is 12.2 Å². The summed E-state index contributed by atoms with van der Waals surface area (Å²) >= 11 is 2.09. The molecule has 4 nitrogen and oxygen atoms in total. The van der Waals surface area contributed by atoms with Crippen molar-refractivity contribution in [1.82, 2.24) is 5.32 Å². The van der Waals surface area contributed by atoms with Crippen molar-refractivity contribution >= 4 is 17.7 Å². The Morgan fingerprint density at radius 1 is 1.25 bits per heavy atom. The lowest BCUT2D eigenvalue weighted by Crippen LogP contribution is -2.28. The van der Waals surface area contributed by atoms with E-state index in [1.54, 1.807) is 0 Å². The van der Waals surface area contributed by atoms with Crippen molar-refractivity contribution in [3.8, 4) is 0 Å². The first-order valence-corrected chi connectivity index (χ1v) is 10.7. The maximum atomic E-state index is 10.5. The summed E-state index contributed by atoms with van der Waals surface area (Å²) in [5.41, 5.74) is 0. The van der Waals surface area contributed by atoms with Crippen LogP contribution in [0.3, 0.4) is 0 Å². The van der Waals surface area contributed by atoms with Crippen molar-refractivity contribution in [2.24, 2.45) is 11.8 Å². The van der Waals surface area contributed by atoms with E-state index < -0.39 is 5.97 Å². The third-order valence-electron chi connectivity index (χ3n) is 5.13. The van der Waals surface area contributed by atoms with Gasteiger partial charge in [-0.1, -0.05) is 19.1 Å². The summed E-state index contributed by atoms with van der Waals surface area (Å²) in [4.78, 5) is 10.5. The molecule has 0 amide bonds. The first-order chi connectivity index (χ1) is 11.7. The summed E-state index contributed by atoms with van der Waals surface area (Å²) in [5, 5.41) is 12.0. The summed E-state index contributed by atoms with van der Waals surface area (Å²) in [5.74, 6) is 3.14. The minimum absolute atomic E-state index is 0.272. The van der Waals surface area contributed by atoms with E-state index in [9.17, 15) is 4.79 Å². The van der Waals surface area contributed by atoms with Gasteiger partial charge in [-0.15, -0.1) is 0 Å². The number of fused-ring (bicyclic) bond motifs is 2. The molecule has 2 heterocycles. The molecule has 2 aliphatic rings. The van der Waals surface area contributed by atoms with E-state index in [0.29, 0.717) is 24.0 Å². The number of rotatable bonds is 13. The smallest absolute Gasteiger partial charge is 0.303 e. The molecule has 5 heteroatoms. The predicted octanol–water partition coefficient (Wildman–Crippen LogP) is 3.71. The number of carboxylic acid groups (broad SMARTS) is 1. The van der Waals surface area contributed by atoms with Crippen molar-refractivity contribution in [3.05, 3.63) is 12.2 Å². The van der Waals surface area contributed by atoms with Crippen LogP contribution in [-0.4, -0.2) is 47.9 Å². The molecule has 138 valence electrons. The van der Waals surface area contributed by atoms with Gasteiger partial charge in [-0.05, 0) is 75.0 Å². The summed E-state index contributed by atoms with van der Waals surface area (Å²) in [6, 6.07) is 0. The zero-order chi connectivity index (χ0) is 17.2. The van der Waals surface area contributed by atoms with Crippen molar-refractivity contribution in [3.63, 3.8) is 0 Å². The molecule has 0 aliphatic carbocycles. The Morgan fingerprint density at radius 3 is 2.79 bits per heavy atom. The van der Waals surface area contributed by atoms with Gasteiger partial charge in [0.15, 0.2) is 0 Å². The van der Waals surface area contributed by atoms with E-state index in [4.69, 9.17) is 9.84 Å². The average molecular weight is 356 g/mol. The predicted molar refractivity (Wildman–Crippen MR) is 101 cm³/mol. The molecule has 2 bridgehead atoms. The number of aliphatic carboxylic acids is 1. The second-order valence-electron chi connectivity index (χ2n) is 6.89. The largest absolute Gasteiger partial charge is 0.481 e. The van der Waals surface area contributed by atoms with Crippen LogP contribution in [-0.2, 0) is 9.53 Å². The molecule has 2 saturated heterocycles. The van der Waals surface area contributed by atoms with E-state index in [1.165, 1.54) is 30.8 Å². The van der Waals surface area contributed by atoms with Crippen LogP contribution in [0.5, 0.6) is 0 Å². The molecule has 2 aliphatic heterocycles. The van der Waals surface area contributed by atoms with Crippen LogP contribution in [0.25, 0.3) is 0 Å². The highest BCUT2D eigenvalue weighted by Crippen LogP contribution is 2.46. The number of carbonyl (C=O) groups is 1. The number of thioether (sulfide) groups is 1. The summed E-state index contributed by atoms with van der Waals surface area (Å²) in [6.07, 6.45) is 12.1. The highest BCUT2D eigenvalue weighted by atomic mass is 32.2. The molecule has 0 unspecified atom stereocenters. The molecule has 0 aromatic rings. The van der Waals surface area contributed by atoms with E-state index >= 15 is 0 Å². The van der Waals surface area contributed by atoms with E-state index in [-0.39, 0.29) is 6.42 Å². The van der Waals surface area contributed by atoms with Crippen molar-refractivity contribution in [2.45, 2.75) is 64.1 Å². The molecule has 0 radical (unpaired) electrons. The molecule has 0 saturated carbocycles. The topological polar surface area (TPSA) is 58.6 Å². The number of hydrogen-bond acceptors (Lipinski definition) is 4. The van der Waals surface area contributed by atoms with Gasteiger partial charge in [0, 0.05) is 6.42 Å². The zero-order valence-corrected chi connectivity index (χ0v) is 15.7. The van der Waals surface area contributed by atoms with Gasteiger partial charge in [-0.3, -0.25) is 4.79 Å². The highest BCUT2D eigenvalue weighted by molar-refractivity contribution is 7.99. The van der Waals surface area contributed by atoms with Gasteiger partial charge in [0.1, 0.15) is 0 Å². The first-order valence-electron chi connectivity index (χ1n) is 9.53. The van der Waals surface area contributed by atoms with Gasteiger partial charge in [-0.25, -0.2) is 0 Å². The fourth-order valence-electron chi connectivity index (χ4n) is 3.87. The van der Waals surface area contributed by atoms with Crippen LogP contribution in [0.4, 0.5) is 0 Å². The minimum Gasteiger partial charge on any atom is -0.481 e. The molecule has 2 fully saturated rings. The van der Waals surface area contributed by atoms with E-state index in [2.05, 4.69) is 36.2 Å². The summed E-state index contributed by atoms with van der Waals surface area (Å²) in [6.45, 7) is 4.34. The Morgan fingerprint density at radius 2 is 2.04 bits per heavy atom. The normalized spacial score (nSPS) is 28.9. The molecule has 2 N–H and O–H groups in total. The number of carboxylic acids is 1. The van der Waals surface area contributed by atoms with Crippen LogP contribution in [0, 0.1) is 11.8 Å². The van der Waals surface area contributed by atoms with E-state index in [1.807, 2.05) is 0 Å². The van der Waals surface area contributed by atoms with Gasteiger partial charge < -0.3 is 15.2 Å². The molecule has 0 aromatic heterocycles. The molecular formula is C19H33NO3S. The molecular weight excluding hydrogens is 322 g/mol. The van der Waals surface area contributed by atoms with Crippen molar-refractivity contribution in [2.75, 3.05) is 24.6 Å². The van der Waals surface area contributed by atoms with E-state index in [0.717, 1.165) is 32.4 Å². The lowest BCUT2D eigenvalue weighted by Gasteiger charge is -2.27. The first kappa shape index (κ1) is 19.8. The molecule has 4 atom stereocenters. The fourth-order valence-corrected chi connectivity index (χ4v) is 5.11. The number of hydrogen-bond donors (Lipinski definition) is 2. The molecule has 0 aromatic carbocycles. The van der Waals surface area contributed by atoms with Crippen LogP contribution in [0.2, 0.25) is 0 Å². The molecule has 2 rings (SSSR count).